The minimum Gasteiger partial charge on any atom is -0.394 e. The summed E-state index contributed by atoms with van der Waals surface area (Å²) in [6.07, 6.45) is 3.17. The summed E-state index contributed by atoms with van der Waals surface area (Å²) in [6, 6.07) is 8.70. The molecule has 0 spiro atoms. The van der Waals surface area contributed by atoms with Gasteiger partial charge in [0, 0.05) is 12.6 Å². The van der Waals surface area contributed by atoms with Gasteiger partial charge in [-0.2, -0.15) is 14.9 Å². The minimum absolute atomic E-state index is 0.0166. The number of aliphatic hydroxyl groups excluding tert-OH is 1. The van der Waals surface area contributed by atoms with Crippen molar-refractivity contribution < 1.29 is 9.90 Å². The summed E-state index contributed by atoms with van der Waals surface area (Å²) >= 11 is 0. The van der Waals surface area contributed by atoms with Crippen molar-refractivity contribution in [1.29, 1.82) is 0 Å². The molecular formula is C21H25N5O3. The van der Waals surface area contributed by atoms with E-state index in [1.807, 2.05) is 45.0 Å². The van der Waals surface area contributed by atoms with Crippen molar-refractivity contribution in [2.75, 3.05) is 6.61 Å². The second-order valence-electron chi connectivity index (χ2n) is 7.40. The highest BCUT2D eigenvalue weighted by atomic mass is 16.3. The fraction of sp³-hybridized carbons (Fsp3) is 0.333. The molecule has 0 saturated carbocycles. The zero-order valence-electron chi connectivity index (χ0n) is 17.0. The van der Waals surface area contributed by atoms with Crippen LogP contribution in [0, 0.1) is 12.8 Å². The third-order valence-corrected chi connectivity index (χ3v) is 4.76. The maximum Gasteiger partial charge on any atom is 0.284 e. The van der Waals surface area contributed by atoms with Gasteiger partial charge in [-0.05, 0) is 18.9 Å². The number of benzene rings is 1. The maximum atomic E-state index is 13.0. The molecular weight excluding hydrogens is 370 g/mol. The molecule has 29 heavy (non-hydrogen) atoms. The third kappa shape index (κ3) is 4.43. The summed E-state index contributed by atoms with van der Waals surface area (Å²) in [5.41, 5.74) is 2.23. The predicted molar refractivity (Wildman–Crippen MR) is 110 cm³/mol. The van der Waals surface area contributed by atoms with Crippen LogP contribution in [-0.4, -0.2) is 43.2 Å². The van der Waals surface area contributed by atoms with Crippen molar-refractivity contribution in [2.24, 2.45) is 13.0 Å². The molecule has 0 fully saturated rings. The molecule has 1 amide bonds. The molecule has 0 unspecified atom stereocenters. The van der Waals surface area contributed by atoms with Crippen LogP contribution in [0.5, 0.6) is 0 Å². The van der Waals surface area contributed by atoms with E-state index in [1.54, 1.807) is 17.9 Å². The number of aromatic nitrogens is 4. The van der Waals surface area contributed by atoms with Crippen LogP contribution in [0.25, 0.3) is 16.9 Å². The highest BCUT2D eigenvalue weighted by Crippen LogP contribution is 2.18. The number of hydrogen-bond acceptors (Lipinski definition) is 5. The van der Waals surface area contributed by atoms with Crippen LogP contribution >= 0.6 is 0 Å². The lowest BCUT2D eigenvalue weighted by Gasteiger charge is -2.20. The Labute approximate surface area is 168 Å². The van der Waals surface area contributed by atoms with Gasteiger partial charge in [-0.1, -0.05) is 43.7 Å². The Balaban J connectivity index is 2.13. The van der Waals surface area contributed by atoms with Gasteiger partial charge in [0.2, 0.25) is 0 Å². The van der Waals surface area contributed by atoms with E-state index in [9.17, 15) is 14.7 Å². The zero-order chi connectivity index (χ0) is 21.1. The van der Waals surface area contributed by atoms with Gasteiger partial charge >= 0.3 is 0 Å². The van der Waals surface area contributed by atoms with E-state index in [1.165, 1.54) is 16.9 Å². The molecule has 1 aromatic carbocycles. The maximum absolute atomic E-state index is 13.0. The average Bonchev–Trinajstić information content (AvgIpc) is 3.12. The molecule has 0 aliphatic heterocycles. The predicted octanol–water partition coefficient (Wildman–Crippen LogP) is 1.69. The third-order valence-electron chi connectivity index (χ3n) is 4.76. The Kier molecular flexibility index (Phi) is 5.93. The topological polar surface area (TPSA) is 102 Å². The molecule has 3 rings (SSSR count). The average molecular weight is 395 g/mol. The van der Waals surface area contributed by atoms with E-state index in [2.05, 4.69) is 15.5 Å². The number of carbonyl (C=O) groups is 1. The standard InChI is InChI=1S/C21H25N5O3/c1-13(2)19(12-27)23-20(28)17-9-18(15-7-5-14(3)6-8-15)24-26(21(17)29)16-10-22-25(4)11-16/h5-11,13,19,27H,12H2,1-4H3,(H,23,28)/t19-/m0/s1. The number of hydrogen-bond donors (Lipinski definition) is 2. The van der Waals surface area contributed by atoms with E-state index in [4.69, 9.17) is 0 Å². The molecule has 0 saturated heterocycles. The molecule has 0 aliphatic rings. The Morgan fingerprint density at radius 1 is 1.24 bits per heavy atom. The molecule has 2 heterocycles. The minimum atomic E-state index is -0.549. The van der Waals surface area contributed by atoms with Gasteiger partial charge in [-0.25, -0.2) is 0 Å². The van der Waals surface area contributed by atoms with Gasteiger partial charge in [0.1, 0.15) is 11.3 Å². The van der Waals surface area contributed by atoms with E-state index in [0.717, 1.165) is 11.1 Å². The Morgan fingerprint density at radius 2 is 1.93 bits per heavy atom. The van der Waals surface area contributed by atoms with Crippen LogP contribution in [0.3, 0.4) is 0 Å². The number of carbonyl (C=O) groups excluding carboxylic acids is 1. The van der Waals surface area contributed by atoms with Crippen LogP contribution < -0.4 is 10.9 Å². The zero-order valence-corrected chi connectivity index (χ0v) is 17.0. The number of rotatable bonds is 6. The van der Waals surface area contributed by atoms with Crippen molar-refractivity contribution in [3.05, 3.63) is 64.2 Å². The number of aryl methyl sites for hydroxylation is 2. The summed E-state index contributed by atoms with van der Waals surface area (Å²) in [5, 5.41) is 20.8. The second kappa shape index (κ2) is 8.40. The van der Waals surface area contributed by atoms with Crippen LogP contribution in [0.1, 0.15) is 29.8 Å². The quantitative estimate of drug-likeness (QED) is 0.661. The Bertz CT molecular complexity index is 1070. The van der Waals surface area contributed by atoms with Crippen molar-refractivity contribution >= 4 is 5.91 Å². The fourth-order valence-corrected chi connectivity index (χ4v) is 2.88. The first-order valence-electron chi connectivity index (χ1n) is 9.42. The first-order chi connectivity index (χ1) is 13.8. The van der Waals surface area contributed by atoms with Gasteiger partial charge in [0.25, 0.3) is 11.5 Å². The normalized spacial score (nSPS) is 12.2. The van der Waals surface area contributed by atoms with Crippen molar-refractivity contribution in [3.8, 4) is 16.9 Å². The molecule has 0 bridgehead atoms. The lowest BCUT2D eigenvalue weighted by Crippen LogP contribution is -2.43. The number of nitrogens with one attached hydrogen (secondary N) is 1. The van der Waals surface area contributed by atoms with Crippen molar-refractivity contribution in [2.45, 2.75) is 26.8 Å². The Morgan fingerprint density at radius 3 is 2.48 bits per heavy atom. The van der Waals surface area contributed by atoms with Crippen LogP contribution in [0.2, 0.25) is 0 Å². The lowest BCUT2D eigenvalue weighted by atomic mass is 10.0. The highest BCUT2D eigenvalue weighted by molar-refractivity contribution is 5.95. The van der Waals surface area contributed by atoms with Crippen LogP contribution in [0.4, 0.5) is 0 Å². The van der Waals surface area contributed by atoms with E-state index < -0.39 is 17.5 Å². The van der Waals surface area contributed by atoms with E-state index in [-0.39, 0.29) is 18.1 Å². The SMILES string of the molecule is Cc1ccc(-c2cc(C(=O)N[C@@H](CO)C(C)C)c(=O)n(-c3cnn(C)c3)n2)cc1. The molecule has 1 atom stereocenters. The molecule has 152 valence electrons. The van der Waals surface area contributed by atoms with Crippen LogP contribution in [-0.2, 0) is 7.05 Å². The van der Waals surface area contributed by atoms with Crippen molar-refractivity contribution in [3.63, 3.8) is 0 Å². The van der Waals surface area contributed by atoms with Gasteiger partial charge in [0.05, 0.1) is 30.7 Å². The summed E-state index contributed by atoms with van der Waals surface area (Å²) in [7, 11) is 1.74. The number of amides is 1. The number of nitrogens with zero attached hydrogens (tertiary/aromatic N) is 4. The lowest BCUT2D eigenvalue weighted by molar-refractivity contribution is 0.0894. The van der Waals surface area contributed by atoms with Crippen molar-refractivity contribution in [1.82, 2.24) is 24.9 Å². The molecule has 8 nitrogen and oxygen atoms in total. The van der Waals surface area contributed by atoms with Crippen LogP contribution in [0.15, 0.2) is 47.5 Å². The smallest absolute Gasteiger partial charge is 0.284 e. The largest absolute Gasteiger partial charge is 0.394 e. The monoisotopic (exact) mass is 395 g/mol. The molecule has 2 aromatic heterocycles. The fourth-order valence-electron chi connectivity index (χ4n) is 2.88. The first kappa shape index (κ1) is 20.5. The second-order valence-corrected chi connectivity index (χ2v) is 7.40. The van der Waals surface area contributed by atoms with Gasteiger partial charge < -0.3 is 10.4 Å². The molecule has 8 heteroatoms. The summed E-state index contributed by atoms with van der Waals surface area (Å²) < 4.78 is 2.74. The van der Waals surface area contributed by atoms with Gasteiger partial charge in [-0.3, -0.25) is 14.3 Å². The molecule has 0 radical (unpaired) electrons. The summed E-state index contributed by atoms with van der Waals surface area (Å²) in [4.78, 5) is 25.9. The molecule has 3 aromatic rings. The summed E-state index contributed by atoms with van der Waals surface area (Å²) in [5.74, 6) is -0.529. The number of aliphatic hydroxyl groups is 1. The molecule has 2 N–H and O–H groups in total. The Hall–Kier alpha value is -3.26. The molecule has 0 aliphatic carbocycles. The van der Waals surface area contributed by atoms with E-state index in [0.29, 0.717) is 11.4 Å². The summed E-state index contributed by atoms with van der Waals surface area (Å²) in [6.45, 7) is 5.54. The highest BCUT2D eigenvalue weighted by Gasteiger charge is 2.22. The van der Waals surface area contributed by atoms with Gasteiger partial charge in [-0.15, -0.1) is 0 Å². The van der Waals surface area contributed by atoms with E-state index >= 15 is 0 Å². The first-order valence-corrected chi connectivity index (χ1v) is 9.42. The van der Waals surface area contributed by atoms with Gasteiger partial charge in [0.15, 0.2) is 0 Å².